The van der Waals surface area contributed by atoms with Crippen LogP contribution in [-0.2, 0) is 4.79 Å². The smallest absolute Gasteiger partial charge is 0.248 e. The molecule has 0 radical (unpaired) electrons. The Morgan fingerprint density at radius 2 is 2.04 bits per heavy atom. The largest absolute Gasteiger partial charge is 0.357 e. The van der Waals surface area contributed by atoms with Crippen LogP contribution in [0.5, 0.6) is 0 Å². The van der Waals surface area contributed by atoms with Gasteiger partial charge < -0.3 is 10.2 Å². The van der Waals surface area contributed by atoms with Crippen LogP contribution in [0.25, 0.3) is 10.2 Å². The van der Waals surface area contributed by atoms with Crippen LogP contribution >= 0.6 is 11.3 Å². The molecule has 0 aliphatic heterocycles. The fourth-order valence-electron chi connectivity index (χ4n) is 2.65. The third-order valence-corrected chi connectivity index (χ3v) is 5.15. The van der Waals surface area contributed by atoms with Crippen LogP contribution in [0.3, 0.4) is 0 Å². The van der Waals surface area contributed by atoms with E-state index < -0.39 is 11.8 Å². The van der Waals surface area contributed by atoms with E-state index in [1.807, 2.05) is 30.3 Å². The SMILES string of the molecule is CCN(CC)c1ccc(NC(=O)[C@@H](C#N)c2nc3ccccc3s2)cn1. The average molecular weight is 365 g/mol. The number of carbonyl (C=O) groups is 1. The summed E-state index contributed by atoms with van der Waals surface area (Å²) in [4.78, 5) is 23.5. The minimum absolute atomic E-state index is 0.399. The van der Waals surface area contributed by atoms with Crippen LogP contribution in [0.1, 0.15) is 24.8 Å². The van der Waals surface area contributed by atoms with E-state index in [0.29, 0.717) is 10.7 Å². The zero-order chi connectivity index (χ0) is 18.5. The van der Waals surface area contributed by atoms with E-state index in [4.69, 9.17) is 0 Å². The van der Waals surface area contributed by atoms with Gasteiger partial charge in [-0.1, -0.05) is 12.1 Å². The van der Waals surface area contributed by atoms with Gasteiger partial charge in [0.25, 0.3) is 0 Å². The van der Waals surface area contributed by atoms with E-state index >= 15 is 0 Å². The quantitative estimate of drug-likeness (QED) is 0.719. The Kier molecular flexibility index (Phi) is 5.44. The highest BCUT2D eigenvalue weighted by Crippen LogP contribution is 2.28. The van der Waals surface area contributed by atoms with Gasteiger partial charge in [-0.15, -0.1) is 11.3 Å². The van der Waals surface area contributed by atoms with Gasteiger partial charge in [-0.25, -0.2) is 9.97 Å². The number of hydrogen-bond acceptors (Lipinski definition) is 6. The molecule has 26 heavy (non-hydrogen) atoms. The highest BCUT2D eigenvalue weighted by Gasteiger charge is 2.24. The summed E-state index contributed by atoms with van der Waals surface area (Å²) in [6.07, 6.45) is 1.61. The molecule has 6 nitrogen and oxygen atoms in total. The van der Waals surface area contributed by atoms with Crippen LogP contribution < -0.4 is 10.2 Å². The van der Waals surface area contributed by atoms with Crippen molar-refractivity contribution in [2.45, 2.75) is 19.8 Å². The number of carbonyl (C=O) groups excluding carboxylic acids is 1. The lowest BCUT2D eigenvalue weighted by atomic mass is 10.1. The Morgan fingerprint density at radius 3 is 2.65 bits per heavy atom. The summed E-state index contributed by atoms with van der Waals surface area (Å²) >= 11 is 1.36. The summed E-state index contributed by atoms with van der Waals surface area (Å²) in [5.41, 5.74) is 1.36. The number of thiazole rings is 1. The van der Waals surface area contributed by atoms with Crippen molar-refractivity contribution in [2.24, 2.45) is 0 Å². The Labute approximate surface area is 156 Å². The van der Waals surface area contributed by atoms with Gasteiger partial charge in [0.2, 0.25) is 5.91 Å². The van der Waals surface area contributed by atoms with Crippen molar-refractivity contribution in [3.05, 3.63) is 47.6 Å². The zero-order valence-corrected chi connectivity index (χ0v) is 15.5. The third-order valence-electron chi connectivity index (χ3n) is 4.05. The summed E-state index contributed by atoms with van der Waals surface area (Å²) < 4.78 is 0.959. The van der Waals surface area contributed by atoms with E-state index in [9.17, 15) is 10.1 Å². The minimum Gasteiger partial charge on any atom is -0.357 e. The molecule has 2 aromatic heterocycles. The second-order valence-corrected chi connectivity index (χ2v) is 6.71. The summed E-state index contributed by atoms with van der Waals surface area (Å²) in [6.45, 7) is 5.86. The van der Waals surface area contributed by atoms with Crippen LogP contribution in [-0.4, -0.2) is 29.0 Å². The highest BCUT2D eigenvalue weighted by atomic mass is 32.1. The molecule has 0 fully saturated rings. The van der Waals surface area contributed by atoms with Crippen molar-refractivity contribution in [2.75, 3.05) is 23.3 Å². The van der Waals surface area contributed by atoms with Gasteiger partial charge in [-0.2, -0.15) is 5.26 Å². The second-order valence-electron chi connectivity index (χ2n) is 5.65. The van der Waals surface area contributed by atoms with Crippen LogP contribution in [0.4, 0.5) is 11.5 Å². The zero-order valence-electron chi connectivity index (χ0n) is 14.6. The molecule has 1 N–H and O–H groups in total. The monoisotopic (exact) mass is 365 g/mol. The fraction of sp³-hybridized carbons (Fsp3) is 0.263. The Hall–Kier alpha value is -2.98. The van der Waals surface area contributed by atoms with E-state index in [1.54, 1.807) is 12.3 Å². The lowest BCUT2D eigenvalue weighted by Gasteiger charge is -2.19. The molecule has 3 rings (SSSR count). The number of nitrogens with one attached hydrogen (secondary N) is 1. The molecule has 2 heterocycles. The number of nitriles is 1. The first-order valence-corrected chi connectivity index (χ1v) is 9.24. The maximum atomic E-state index is 12.5. The Balaban J connectivity index is 1.76. The van der Waals surface area contributed by atoms with Gasteiger partial charge >= 0.3 is 0 Å². The number of aromatic nitrogens is 2. The number of hydrogen-bond donors (Lipinski definition) is 1. The normalized spacial score (nSPS) is 11.7. The van der Waals surface area contributed by atoms with Crippen molar-refractivity contribution in [3.63, 3.8) is 0 Å². The van der Waals surface area contributed by atoms with E-state index in [-0.39, 0.29) is 0 Å². The summed E-state index contributed by atoms with van der Waals surface area (Å²) in [7, 11) is 0. The van der Waals surface area contributed by atoms with Crippen LogP contribution in [0.15, 0.2) is 42.6 Å². The van der Waals surface area contributed by atoms with Crippen molar-refractivity contribution in [1.82, 2.24) is 9.97 Å². The Morgan fingerprint density at radius 1 is 1.27 bits per heavy atom. The van der Waals surface area contributed by atoms with Gasteiger partial charge in [-0.3, -0.25) is 4.79 Å². The second kappa shape index (κ2) is 7.93. The molecule has 7 heteroatoms. The molecule has 1 aromatic carbocycles. The van der Waals surface area contributed by atoms with E-state index in [1.165, 1.54) is 11.3 Å². The molecule has 0 unspecified atom stereocenters. The van der Waals surface area contributed by atoms with Gasteiger partial charge in [0.05, 0.1) is 28.2 Å². The van der Waals surface area contributed by atoms with Gasteiger partial charge in [0, 0.05) is 13.1 Å². The Bertz CT molecular complexity index is 907. The summed E-state index contributed by atoms with van der Waals surface area (Å²) in [6, 6.07) is 13.3. The molecular weight excluding hydrogens is 346 g/mol. The first-order chi connectivity index (χ1) is 12.7. The first-order valence-electron chi connectivity index (χ1n) is 8.43. The molecule has 0 bridgehead atoms. The summed E-state index contributed by atoms with van der Waals surface area (Å²) in [5.74, 6) is -0.491. The van der Waals surface area contributed by atoms with Gasteiger partial charge in [0.1, 0.15) is 10.8 Å². The minimum atomic E-state index is -0.949. The van der Waals surface area contributed by atoms with Crippen molar-refractivity contribution < 1.29 is 4.79 Å². The van der Waals surface area contributed by atoms with Crippen LogP contribution in [0.2, 0.25) is 0 Å². The van der Waals surface area contributed by atoms with Gasteiger partial charge in [0.15, 0.2) is 5.92 Å². The topological polar surface area (TPSA) is 81.9 Å². The van der Waals surface area contributed by atoms with Crippen molar-refractivity contribution in [1.29, 1.82) is 5.26 Å². The number of amides is 1. The van der Waals surface area contributed by atoms with E-state index in [0.717, 1.165) is 29.1 Å². The van der Waals surface area contributed by atoms with Crippen LogP contribution in [0, 0.1) is 11.3 Å². The lowest BCUT2D eigenvalue weighted by Crippen LogP contribution is -2.23. The van der Waals surface area contributed by atoms with E-state index in [2.05, 4.69) is 40.1 Å². The number of anilines is 2. The number of nitrogens with zero attached hydrogens (tertiary/aromatic N) is 4. The molecule has 1 amide bonds. The molecule has 0 aliphatic rings. The average Bonchev–Trinajstić information content (AvgIpc) is 3.08. The molecule has 0 aliphatic carbocycles. The predicted octanol–water partition coefficient (Wildman–Crippen LogP) is 3.78. The number of pyridine rings is 1. The van der Waals surface area contributed by atoms with Gasteiger partial charge in [-0.05, 0) is 38.1 Å². The molecular formula is C19H19N5OS. The number of benzene rings is 1. The predicted molar refractivity (Wildman–Crippen MR) is 104 cm³/mol. The molecule has 3 aromatic rings. The number of fused-ring (bicyclic) bond motifs is 1. The fourth-order valence-corrected chi connectivity index (χ4v) is 3.66. The van der Waals surface area contributed by atoms with Crippen molar-refractivity contribution >= 4 is 39.0 Å². The third kappa shape index (κ3) is 3.65. The molecule has 0 saturated carbocycles. The first kappa shape index (κ1) is 17.8. The number of rotatable bonds is 6. The highest BCUT2D eigenvalue weighted by molar-refractivity contribution is 7.18. The summed E-state index contributed by atoms with van der Waals surface area (Å²) in [5, 5.41) is 12.7. The molecule has 0 spiro atoms. The number of para-hydroxylation sites is 1. The lowest BCUT2D eigenvalue weighted by molar-refractivity contribution is -0.116. The maximum Gasteiger partial charge on any atom is 0.248 e. The maximum absolute atomic E-state index is 12.5. The molecule has 0 saturated heterocycles. The van der Waals surface area contributed by atoms with Crippen molar-refractivity contribution in [3.8, 4) is 6.07 Å². The molecule has 1 atom stereocenters. The standard InChI is InChI=1S/C19H19N5OS/c1-3-24(4-2)17-10-9-13(12-21-17)22-18(25)14(11-20)19-23-15-7-5-6-8-16(15)26-19/h5-10,12,14H,3-4H2,1-2H3,(H,22,25)/t14-/m1/s1. The molecule has 132 valence electrons.